The molecule has 3 nitrogen and oxygen atoms in total. The Kier molecular flexibility index (Phi) is 4.33. The Morgan fingerprint density at radius 1 is 1.35 bits per heavy atom. The highest BCUT2D eigenvalue weighted by Crippen LogP contribution is 2.37. The van der Waals surface area contributed by atoms with E-state index < -0.39 is 30.0 Å². The average Bonchev–Trinajstić information content (AvgIpc) is 2.18. The summed E-state index contributed by atoms with van der Waals surface area (Å²) in [4.78, 5) is 3.30. The number of hydrogen-bond acceptors (Lipinski definition) is 3. The van der Waals surface area contributed by atoms with Crippen molar-refractivity contribution >= 4 is 22.6 Å². The van der Waals surface area contributed by atoms with Crippen LogP contribution in [0.3, 0.4) is 0 Å². The van der Waals surface area contributed by atoms with E-state index in [1.165, 1.54) is 22.6 Å². The molecule has 17 heavy (non-hydrogen) atoms. The van der Waals surface area contributed by atoms with Crippen LogP contribution >= 0.6 is 22.6 Å². The van der Waals surface area contributed by atoms with Crippen LogP contribution in [0.5, 0.6) is 11.5 Å². The Bertz CT molecular complexity index is 410. The van der Waals surface area contributed by atoms with Crippen LogP contribution in [-0.2, 0) is 0 Å². The fourth-order valence-corrected chi connectivity index (χ4v) is 1.62. The Morgan fingerprint density at radius 2 is 1.94 bits per heavy atom. The molecule has 0 bridgehead atoms. The normalized spacial score (nSPS) is 11.8. The molecule has 0 unspecified atom stereocenters. The monoisotopic (exact) mass is 369 g/mol. The number of nitrogens with zero attached hydrogens (tertiary/aromatic N) is 1. The smallest absolute Gasteiger partial charge is 0.493 e. The van der Waals surface area contributed by atoms with E-state index in [1.54, 1.807) is 0 Å². The molecule has 0 spiro atoms. The molecule has 0 aromatic carbocycles. The molecule has 96 valence electrons. The summed E-state index contributed by atoms with van der Waals surface area (Å²) in [5.74, 6) is -1.18. The Labute approximate surface area is 106 Å². The first-order chi connectivity index (χ1) is 7.74. The number of hydrogen-bond donors (Lipinski definition) is 0. The third-order valence-electron chi connectivity index (χ3n) is 1.58. The zero-order valence-corrected chi connectivity index (χ0v) is 10.3. The van der Waals surface area contributed by atoms with Gasteiger partial charge in [-0.2, -0.15) is 0 Å². The third kappa shape index (κ3) is 3.82. The number of methoxy groups -OCH3 is 1. The van der Waals surface area contributed by atoms with E-state index >= 15 is 0 Å². The third-order valence-corrected chi connectivity index (χ3v) is 2.31. The minimum Gasteiger partial charge on any atom is -0.493 e. The molecular weight excluding hydrogens is 364 g/mol. The van der Waals surface area contributed by atoms with Gasteiger partial charge in [0.15, 0.2) is 5.75 Å². The summed E-state index contributed by atoms with van der Waals surface area (Å²) in [6.45, 7) is 0. The van der Waals surface area contributed by atoms with Crippen molar-refractivity contribution in [2.45, 2.75) is 12.8 Å². The topological polar surface area (TPSA) is 31.4 Å². The minimum absolute atomic E-state index is 0.352. The summed E-state index contributed by atoms with van der Waals surface area (Å²) >= 11 is 1.36. The lowest BCUT2D eigenvalue weighted by molar-refractivity contribution is -0.275. The molecule has 0 atom stereocenters. The van der Waals surface area contributed by atoms with Crippen molar-refractivity contribution in [2.24, 2.45) is 0 Å². The molecular formula is C8H5F5INO2. The Hall–Kier alpha value is -0.870. The highest BCUT2D eigenvalue weighted by molar-refractivity contribution is 14.1. The molecule has 0 saturated carbocycles. The first-order valence-corrected chi connectivity index (χ1v) is 5.10. The van der Waals surface area contributed by atoms with Crippen molar-refractivity contribution in [2.75, 3.05) is 7.11 Å². The zero-order valence-electron chi connectivity index (χ0n) is 8.19. The molecule has 1 heterocycles. The first-order valence-electron chi connectivity index (χ1n) is 4.03. The van der Waals surface area contributed by atoms with Crippen LogP contribution in [0.2, 0.25) is 0 Å². The summed E-state index contributed by atoms with van der Waals surface area (Å²) in [6, 6.07) is 0.702. The highest BCUT2D eigenvalue weighted by Gasteiger charge is 2.34. The van der Waals surface area contributed by atoms with Crippen molar-refractivity contribution < 1.29 is 31.4 Å². The van der Waals surface area contributed by atoms with Gasteiger partial charge in [-0.15, -0.1) is 13.2 Å². The van der Waals surface area contributed by atoms with Crippen LogP contribution in [0.1, 0.15) is 12.1 Å². The van der Waals surface area contributed by atoms with E-state index in [-0.39, 0.29) is 3.70 Å². The first kappa shape index (κ1) is 14.2. The second kappa shape index (κ2) is 5.19. The highest BCUT2D eigenvalue weighted by atomic mass is 127. The van der Waals surface area contributed by atoms with Crippen LogP contribution in [0, 0.1) is 3.70 Å². The molecule has 9 heteroatoms. The number of alkyl halides is 5. The molecule has 0 saturated heterocycles. The zero-order chi connectivity index (χ0) is 13.2. The molecule has 0 amide bonds. The maximum absolute atomic E-state index is 12.3. The van der Waals surface area contributed by atoms with Crippen molar-refractivity contribution in [3.05, 3.63) is 15.5 Å². The Balaban J connectivity index is 3.21. The number of rotatable bonds is 3. The quantitative estimate of drug-likeness (QED) is 0.464. The fraction of sp³-hybridized carbons (Fsp3) is 0.375. The van der Waals surface area contributed by atoms with Crippen molar-refractivity contribution in [3.8, 4) is 11.5 Å². The Morgan fingerprint density at radius 3 is 2.35 bits per heavy atom. The van der Waals surface area contributed by atoms with Crippen molar-refractivity contribution in [1.82, 2.24) is 4.98 Å². The molecule has 1 aromatic heterocycles. The molecule has 0 aliphatic carbocycles. The van der Waals surface area contributed by atoms with E-state index in [9.17, 15) is 22.0 Å². The molecule has 0 aliphatic rings. The standard InChI is InChI=1S/C8H5F5INO2/c1-16-4-2-3(6(9)10)15-7(14)5(4)17-8(11,12)13/h2,6H,1H3. The summed E-state index contributed by atoms with van der Waals surface area (Å²) in [5, 5.41) is 0. The molecule has 0 aliphatic heterocycles. The van der Waals surface area contributed by atoms with Crippen LogP contribution in [0.4, 0.5) is 22.0 Å². The maximum atomic E-state index is 12.3. The van der Waals surface area contributed by atoms with Gasteiger partial charge >= 0.3 is 6.36 Å². The van der Waals surface area contributed by atoms with Gasteiger partial charge in [-0.3, -0.25) is 0 Å². The number of aromatic nitrogens is 1. The van der Waals surface area contributed by atoms with Gasteiger partial charge in [0.05, 0.1) is 7.11 Å². The van der Waals surface area contributed by atoms with Gasteiger partial charge < -0.3 is 9.47 Å². The van der Waals surface area contributed by atoms with Crippen molar-refractivity contribution in [3.63, 3.8) is 0 Å². The summed E-state index contributed by atoms with van der Waals surface area (Å²) in [6.07, 6.45) is -7.85. The second-order valence-corrected chi connectivity index (χ2v) is 3.74. The van der Waals surface area contributed by atoms with Gasteiger partial charge in [0.1, 0.15) is 9.39 Å². The van der Waals surface area contributed by atoms with Gasteiger partial charge in [-0.05, 0) is 22.6 Å². The number of ether oxygens (including phenoxy) is 2. The van der Waals surface area contributed by atoms with E-state index in [2.05, 4.69) is 14.5 Å². The molecule has 1 rings (SSSR count). The van der Waals surface area contributed by atoms with Crippen LogP contribution in [0.15, 0.2) is 6.07 Å². The lowest BCUT2D eigenvalue weighted by atomic mass is 10.3. The van der Waals surface area contributed by atoms with Gasteiger partial charge in [0.2, 0.25) is 5.75 Å². The summed E-state index contributed by atoms with van der Waals surface area (Å²) < 4.78 is 68.7. The van der Waals surface area contributed by atoms with Crippen LogP contribution < -0.4 is 9.47 Å². The summed E-state index contributed by atoms with van der Waals surface area (Å²) in [5.41, 5.74) is -0.680. The molecule has 0 radical (unpaired) electrons. The van der Waals surface area contributed by atoms with E-state index in [0.717, 1.165) is 7.11 Å². The molecule has 1 aromatic rings. The minimum atomic E-state index is -4.94. The average molecular weight is 369 g/mol. The maximum Gasteiger partial charge on any atom is 0.573 e. The molecule has 0 fully saturated rings. The largest absolute Gasteiger partial charge is 0.573 e. The van der Waals surface area contributed by atoms with Crippen LogP contribution in [-0.4, -0.2) is 18.5 Å². The molecule has 0 N–H and O–H groups in total. The predicted molar refractivity (Wildman–Crippen MR) is 55.1 cm³/mol. The fourth-order valence-electron chi connectivity index (χ4n) is 0.969. The van der Waals surface area contributed by atoms with Gasteiger partial charge in [0, 0.05) is 6.07 Å². The van der Waals surface area contributed by atoms with E-state index in [4.69, 9.17) is 0 Å². The van der Waals surface area contributed by atoms with Gasteiger partial charge in [-0.1, -0.05) is 0 Å². The number of pyridine rings is 1. The van der Waals surface area contributed by atoms with E-state index in [1.807, 2.05) is 0 Å². The predicted octanol–water partition coefficient (Wildman–Crippen LogP) is 3.53. The van der Waals surface area contributed by atoms with Crippen LogP contribution in [0.25, 0.3) is 0 Å². The summed E-state index contributed by atoms with van der Waals surface area (Å²) in [7, 11) is 1.05. The number of halogens is 6. The van der Waals surface area contributed by atoms with Gasteiger partial charge in [-0.25, -0.2) is 13.8 Å². The van der Waals surface area contributed by atoms with E-state index in [0.29, 0.717) is 6.07 Å². The lowest BCUT2D eigenvalue weighted by Gasteiger charge is -2.14. The van der Waals surface area contributed by atoms with Crippen molar-refractivity contribution in [1.29, 1.82) is 0 Å². The SMILES string of the molecule is COc1cc(C(F)F)nc(I)c1OC(F)(F)F. The van der Waals surface area contributed by atoms with Gasteiger partial charge in [0.25, 0.3) is 6.43 Å². The lowest BCUT2D eigenvalue weighted by Crippen LogP contribution is -2.19. The second-order valence-electron chi connectivity index (χ2n) is 2.72.